The van der Waals surface area contributed by atoms with Gasteiger partial charge in [-0.3, -0.25) is 4.79 Å². The molecule has 104 valence electrons. The molecule has 0 spiro atoms. The first kappa shape index (κ1) is 14.3. The molecule has 0 atom stereocenters. The molecular formula is C14H14ClN3O2. The number of amides is 1. The lowest BCUT2D eigenvalue weighted by atomic mass is 10.2. The van der Waals surface area contributed by atoms with Crippen molar-refractivity contribution in [3.05, 3.63) is 41.3 Å². The summed E-state index contributed by atoms with van der Waals surface area (Å²) in [4.78, 5) is 19.2. The van der Waals surface area contributed by atoms with Crippen LogP contribution in [0.5, 0.6) is 11.6 Å². The van der Waals surface area contributed by atoms with E-state index in [4.69, 9.17) is 16.3 Å². The van der Waals surface area contributed by atoms with Crippen LogP contribution in [0.15, 0.2) is 30.6 Å². The first-order valence-electron chi connectivity index (χ1n) is 6.15. The Labute approximate surface area is 122 Å². The van der Waals surface area contributed by atoms with Crippen LogP contribution in [0.1, 0.15) is 19.4 Å². The summed E-state index contributed by atoms with van der Waals surface area (Å²) >= 11 is 6.02. The van der Waals surface area contributed by atoms with Crippen LogP contribution in [0.2, 0.25) is 5.15 Å². The van der Waals surface area contributed by atoms with E-state index < -0.39 is 0 Å². The molecule has 2 rings (SSSR count). The molecule has 6 heteroatoms. The normalized spacial score (nSPS) is 10.2. The van der Waals surface area contributed by atoms with Gasteiger partial charge in [0.2, 0.25) is 11.8 Å². The third kappa shape index (κ3) is 3.24. The molecule has 2 aromatic rings. The highest BCUT2D eigenvalue weighted by Gasteiger charge is 2.12. The second kappa shape index (κ2) is 6.34. The van der Waals surface area contributed by atoms with Crippen LogP contribution in [0.25, 0.3) is 0 Å². The van der Waals surface area contributed by atoms with Gasteiger partial charge in [0.25, 0.3) is 0 Å². The standard InChI is InChI=1S/C14H14ClN3O2/c1-3-10-13(15)16-8-17-14(10)20-12-7-5-4-6-11(12)18-9(2)19/h4-8H,3H2,1-2H3,(H,18,19). The van der Waals surface area contributed by atoms with E-state index in [1.165, 1.54) is 13.3 Å². The number of para-hydroxylation sites is 2. The minimum absolute atomic E-state index is 0.169. The lowest BCUT2D eigenvalue weighted by Gasteiger charge is -2.12. The molecule has 0 saturated carbocycles. The summed E-state index contributed by atoms with van der Waals surface area (Å²) in [5, 5.41) is 3.08. The van der Waals surface area contributed by atoms with Gasteiger partial charge in [0, 0.05) is 6.92 Å². The number of halogens is 1. The summed E-state index contributed by atoms with van der Waals surface area (Å²) in [7, 11) is 0. The van der Waals surface area contributed by atoms with Gasteiger partial charge in [-0.1, -0.05) is 30.7 Å². The van der Waals surface area contributed by atoms with Crippen molar-refractivity contribution < 1.29 is 9.53 Å². The van der Waals surface area contributed by atoms with Crippen molar-refractivity contribution >= 4 is 23.2 Å². The zero-order chi connectivity index (χ0) is 14.5. The number of aromatic nitrogens is 2. The highest BCUT2D eigenvalue weighted by Crippen LogP contribution is 2.31. The second-order valence-electron chi connectivity index (χ2n) is 4.08. The fraction of sp³-hybridized carbons (Fsp3) is 0.214. The van der Waals surface area contributed by atoms with Gasteiger partial charge in [0.15, 0.2) is 5.75 Å². The largest absolute Gasteiger partial charge is 0.436 e. The van der Waals surface area contributed by atoms with Gasteiger partial charge >= 0.3 is 0 Å². The fourth-order valence-corrected chi connectivity index (χ4v) is 1.97. The second-order valence-corrected chi connectivity index (χ2v) is 4.44. The Balaban J connectivity index is 2.35. The van der Waals surface area contributed by atoms with Crippen molar-refractivity contribution in [1.82, 2.24) is 9.97 Å². The quantitative estimate of drug-likeness (QED) is 0.876. The van der Waals surface area contributed by atoms with Crippen molar-refractivity contribution in [3.63, 3.8) is 0 Å². The topological polar surface area (TPSA) is 64.1 Å². The van der Waals surface area contributed by atoms with Gasteiger partial charge in [0.05, 0.1) is 11.3 Å². The molecule has 20 heavy (non-hydrogen) atoms. The Morgan fingerprint density at radius 2 is 2.10 bits per heavy atom. The van der Waals surface area contributed by atoms with Gasteiger partial charge in [-0.2, -0.15) is 0 Å². The zero-order valence-electron chi connectivity index (χ0n) is 11.2. The van der Waals surface area contributed by atoms with Crippen LogP contribution in [-0.4, -0.2) is 15.9 Å². The van der Waals surface area contributed by atoms with Crippen LogP contribution >= 0.6 is 11.6 Å². The van der Waals surface area contributed by atoms with Crippen molar-refractivity contribution in [2.45, 2.75) is 20.3 Å². The molecule has 0 saturated heterocycles. The zero-order valence-corrected chi connectivity index (χ0v) is 11.9. The van der Waals surface area contributed by atoms with Crippen LogP contribution < -0.4 is 10.1 Å². The smallest absolute Gasteiger partial charge is 0.227 e. The number of ether oxygens (including phenoxy) is 1. The molecule has 0 bridgehead atoms. The Kier molecular flexibility index (Phi) is 4.53. The van der Waals surface area contributed by atoms with Gasteiger partial charge in [-0.05, 0) is 18.6 Å². The first-order valence-corrected chi connectivity index (χ1v) is 6.53. The van der Waals surface area contributed by atoms with E-state index in [0.29, 0.717) is 28.9 Å². The van der Waals surface area contributed by atoms with Gasteiger partial charge in [-0.25, -0.2) is 9.97 Å². The minimum atomic E-state index is -0.169. The maximum absolute atomic E-state index is 11.2. The summed E-state index contributed by atoms with van der Waals surface area (Å²) in [5.41, 5.74) is 1.31. The highest BCUT2D eigenvalue weighted by atomic mass is 35.5. The summed E-state index contributed by atoms with van der Waals surface area (Å²) < 4.78 is 5.76. The van der Waals surface area contributed by atoms with Crippen LogP contribution in [0, 0.1) is 0 Å². The molecule has 1 aromatic heterocycles. The van der Waals surface area contributed by atoms with Gasteiger partial charge in [-0.15, -0.1) is 0 Å². The Hall–Kier alpha value is -2.14. The summed E-state index contributed by atoms with van der Waals surface area (Å²) in [6.07, 6.45) is 2.00. The third-order valence-corrected chi connectivity index (χ3v) is 2.94. The van der Waals surface area contributed by atoms with Crippen molar-refractivity contribution in [2.24, 2.45) is 0 Å². The number of hydrogen-bond acceptors (Lipinski definition) is 4. The number of carbonyl (C=O) groups excluding carboxylic acids is 1. The molecule has 1 aromatic carbocycles. The van der Waals surface area contributed by atoms with Crippen molar-refractivity contribution in [1.29, 1.82) is 0 Å². The minimum Gasteiger partial charge on any atom is -0.436 e. The summed E-state index contributed by atoms with van der Waals surface area (Å²) in [6, 6.07) is 7.13. The molecule has 1 amide bonds. The molecule has 0 aliphatic heterocycles. The Morgan fingerprint density at radius 1 is 1.35 bits per heavy atom. The molecule has 0 aliphatic rings. The molecule has 0 fully saturated rings. The van der Waals surface area contributed by atoms with Crippen molar-refractivity contribution in [3.8, 4) is 11.6 Å². The number of carbonyl (C=O) groups is 1. The molecule has 1 N–H and O–H groups in total. The molecule has 0 aliphatic carbocycles. The lowest BCUT2D eigenvalue weighted by Crippen LogP contribution is -2.07. The SMILES string of the molecule is CCc1c(Cl)ncnc1Oc1ccccc1NC(C)=O. The monoisotopic (exact) mass is 291 g/mol. The predicted molar refractivity (Wildman–Crippen MR) is 77.2 cm³/mol. The number of nitrogens with zero attached hydrogens (tertiary/aromatic N) is 2. The van der Waals surface area contributed by atoms with E-state index in [0.717, 1.165) is 5.56 Å². The van der Waals surface area contributed by atoms with E-state index in [9.17, 15) is 4.79 Å². The first-order chi connectivity index (χ1) is 9.61. The van der Waals surface area contributed by atoms with Crippen LogP contribution in [0.3, 0.4) is 0 Å². The van der Waals surface area contributed by atoms with E-state index >= 15 is 0 Å². The van der Waals surface area contributed by atoms with Crippen molar-refractivity contribution in [2.75, 3.05) is 5.32 Å². The lowest BCUT2D eigenvalue weighted by molar-refractivity contribution is -0.114. The summed E-state index contributed by atoms with van der Waals surface area (Å²) in [5.74, 6) is 0.731. The van der Waals surface area contributed by atoms with E-state index in [2.05, 4.69) is 15.3 Å². The van der Waals surface area contributed by atoms with E-state index in [1.807, 2.05) is 19.1 Å². The number of rotatable bonds is 4. The average Bonchev–Trinajstić information content (AvgIpc) is 2.41. The maximum Gasteiger partial charge on any atom is 0.227 e. The number of anilines is 1. The van der Waals surface area contributed by atoms with Gasteiger partial charge < -0.3 is 10.1 Å². The Bertz CT molecular complexity index is 632. The molecular weight excluding hydrogens is 278 g/mol. The van der Waals surface area contributed by atoms with E-state index in [1.54, 1.807) is 12.1 Å². The van der Waals surface area contributed by atoms with E-state index in [-0.39, 0.29) is 5.91 Å². The summed E-state index contributed by atoms with van der Waals surface area (Å²) in [6.45, 7) is 3.38. The number of nitrogens with one attached hydrogen (secondary N) is 1. The van der Waals surface area contributed by atoms with Crippen LogP contribution in [0.4, 0.5) is 5.69 Å². The fourth-order valence-electron chi connectivity index (χ4n) is 1.71. The molecule has 0 radical (unpaired) electrons. The molecule has 1 heterocycles. The predicted octanol–water partition coefficient (Wildman–Crippen LogP) is 3.44. The average molecular weight is 292 g/mol. The third-order valence-electron chi connectivity index (χ3n) is 2.61. The maximum atomic E-state index is 11.2. The molecule has 5 nitrogen and oxygen atoms in total. The Morgan fingerprint density at radius 3 is 2.80 bits per heavy atom. The number of hydrogen-bond donors (Lipinski definition) is 1. The highest BCUT2D eigenvalue weighted by molar-refractivity contribution is 6.30. The number of benzene rings is 1. The van der Waals surface area contributed by atoms with Gasteiger partial charge in [0.1, 0.15) is 11.5 Å². The van der Waals surface area contributed by atoms with Crippen LogP contribution in [-0.2, 0) is 11.2 Å². The molecule has 0 unspecified atom stereocenters.